The molecule has 0 saturated heterocycles. The van der Waals surface area contributed by atoms with Crippen molar-refractivity contribution in [3.63, 3.8) is 0 Å². The number of hydrogen-bond donors (Lipinski definition) is 4. The standard InChI is InChI=1S/C14H11N5OS/c15-5-9-11(10(6-16)14(21)19-12(9)17)7-1-3-8(4-2-7)13(18)20/h1-5,15H,(H2,18,20)(H3,17,19,21). The molecular weight excluding hydrogens is 286 g/mol. The summed E-state index contributed by atoms with van der Waals surface area (Å²) in [5.41, 5.74) is 13.0. The molecule has 0 aliphatic carbocycles. The summed E-state index contributed by atoms with van der Waals surface area (Å²) < 4.78 is 0.203. The van der Waals surface area contributed by atoms with Gasteiger partial charge in [0.2, 0.25) is 5.91 Å². The van der Waals surface area contributed by atoms with Crippen molar-refractivity contribution in [1.82, 2.24) is 4.98 Å². The molecule has 6 nitrogen and oxygen atoms in total. The molecule has 104 valence electrons. The van der Waals surface area contributed by atoms with E-state index in [1.54, 1.807) is 24.3 Å². The van der Waals surface area contributed by atoms with Crippen LogP contribution in [0.2, 0.25) is 0 Å². The lowest BCUT2D eigenvalue weighted by Gasteiger charge is -2.11. The van der Waals surface area contributed by atoms with Gasteiger partial charge in [0.15, 0.2) is 0 Å². The number of carbonyl (C=O) groups excluding carboxylic acids is 1. The fourth-order valence-electron chi connectivity index (χ4n) is 1.99. The number of anilines is 1. The smallest absolute Gasteiger partial charge is 0.248 e. The number of primary amides is 1. The molecule has 2 rings (SSSR count). The van der Waals surface area contributed by atoms with Gasteiger partial charge in [-0.1, -0.05) is 24.4 Å². The molecule has 7 heteroatoms. The van der Waals surface area contributed by atoms with E-state index in [1.807, 2.05) is 6.07 Å². The van der Waals surface area contributed by atoms with E-state index < -0.39 is 5.91 Å². The number of aromatic amines is 1. The molecule has 0 aliphatic heterocycles. The summed E-state index contributed by atoms with van der Waals surface area (Å²) in [4.78, 5) is 13.8. The van der Waals surface area contributed by atoms with Crippen LogP contribution in [0.15, 0.2) is 24.3 Å². The van der Waals surface area contributed by atoms with E-state index in [9.17, 15) is 10.1 Å². The largest absolute Gasteiger partial charge is 0.385 e. The highest BCUT2D eigenvalue weighted by molar-refractivity contribution is 7.71. The van der Waals surface area contributed by atoms with Crippen molar-refractivity contribution in [3.05, 3.63) is 45.6 Å². The van der Waals surface area contributed by atoms with E-state index in [2.05, 4.69) is 4.98 Å². The molecule has 6 N–H and O–H groups in total. The van der Waals surface area contributed by atoms with Crippen molar-refractivity contribution in [2.45, 2.75) is 0 Å². The summed E-state index contributed by atoms with van der Waals surface area (Å²) in [6.45, 7) is 0. The third-order valence-electron chi connectivity index (χ3n) is 3.00. The highest BCUT2D eigenvalue weighted by Gasteiger charge is 2.15. The molecule has 0 bridgehead atoms. The average Bonchev–Trinajstić information content (AvgIpc) is 2.46. The molecule has 1 aromatic heterocycles. The Balaban J connectivity index is 2.79. The second kappa shape index (κ2) is 5.56. The zero-order chi connectivity index (χ0) is 15.6. The van der Waals surface area contributed by atoms with Gasteiger partial charge in [-0.3, -0.25) is 4.79 Å². The molecule has 0 saturated carbocycles. The summed E-state index contributed by atoms with van der Waals surface area (Å²) in [5.74, 6) is -0.331. The number of nitrogens with one attached hydrogen (secondary N) is 2. The maximum absolute atomic E-state index is 11.1. The Bertz CT molecular complexity index is 830. The van der Waals surface area contributed by atoms with Gasteiger partial charge in [0.25, 0.3) is 0 Å². The quantitative estimate of drug-likeness (QED) is 0.509. The number of rotatable bonds is 3. The highest BCUT2D eigenvalue weighted by Crippen LogP contribution is 2.30. The minimum atomic E-state index is -0.542. The predicted molar refractivity (Wildman–Crippen MR) is 82.6 cm³/mol. The number of aromatic nitrogens is 1. The fraction of sp³-hybridized carbons (Fsp3) is 0. The number of carbonyl (C=O) groups is 1. The summed E-state index contributed by atoms with van der Waals surface area (Å²) in [7, 11) is 0. The van der Waals surface area contributed by atoms with E-state index in [0.717, 1.165) is 6.21 Å². The molecule has 1 amide bonds. The van der Waals surface area contributed by atoms with Crippen LogP contribution in [0.4, 0.5) is 5.82 Å². The summed E-state index contributed by atoms with van der Waals surface area (Å²) in [6.07, 6.45) is 1.05. The molecule has 0 radical (unpaired) electrons. The van der Waals surface area contributed by atoms with Crippen LogP contribution < -0.4 is 11.5 Å². The highest BCUT2D eigenvalue weighted by atomic mass is 32.1. The molecule has 0 aliphatic rings. The van der Waals surface area contributed by atoms with E-state index >= 15 is 0 Å². The summed E-state index contributed by atoms with van der Waals surface area (Å²) in [5, 5.41) is 16.8. The predicted octanol–water partition coefficient (Wildman–Crippen LogP) is 1.96. The van der Waals surface area contributed by atoms with Crippen LogP contribution in [0.3, 0.4) is 0 Å². The maximum Gasteiger partial charge on any atom is 0.248 e. The van der Waals surface area contributed by atoms with Crippen LogP contribution in [-0.4, -0.2) is 17.1 Å². The first-order valence-electron chi connectivity index (χ1n) is 5.86. The second-order valence-corrected chi connectivity index (χ2v) is 4.64. The minimum Gasteiger partial charge on any atom is -0.385 e. The number of H-pyrrole nitrogens is 1. The van der Waals surface area contributed by atoms with Crippen molar-refractivity contribution < 1.29 is 4.79 Å². The Morgan fingerprint density at radius 1 is 1.38 bits per heavy atom. The van der Waals surface area contributed by atoms with E-state index in [-0.39, 0.29) is 16.0 Å². The maximum atomic E-state index is 11.1. The normalized spacial score (nSPS) is 9.86. The van der Waals surface area contributed by atoms with Gasteiger partial charge in [0.1, 0.15) is 16.5 Å². The van der Waals surface area contributed by atoms with Crippen molar-refractivity contribution in [3.8, 4) is 17.2 Å². The van der Waals surface area contributed by atoms with Crippen LogP contribution >= 0.6 is 12.2 Å². The summed E-state index contributed by atoms with van der Waals surface area (Å²) >= 11 is 5.09. The lowest BCUT2D eigenvalue weighted by Crippen LogP contribution is -2.10. The molecule has 0 atom stereocenters. The van der Waals surface area contributed by atoms with Gasteiger partial charge in [-0.2, -0.15) is 5.26 Å². The SMILES string of the molecule is N#Cc1c(-c2ccc(C(N)=O)cc2)c(C=N)c(N)[nH]c1=S. The second-order valence-electron chi connectivity index (χ2n) is 4.23. The van der Waals surface area contributed by atoms with E-state index in [0.29, 0.717) is 22.3 Å². The molecule has 2 aromatic rings. The third-order valence-corrected chi connectivity index (χ3v) is 3.31. The zero-order valence-corrected chi connectivity index (χ0v) is 11.6. The van der Waals surface area contributed by atoms with Crippen molar-refractivity contribution >= 4 is 30.2 Å². The van der Waals surface area contributed by atoms with Crippen LogP contribution in [-0.2, 0) is 0 Å². The van der Waals surface area contributed by atoms with E-state index in [4.69, 9.17) is 29.1 Å². The number of benzene rings is 1. The number of hydrogen-bond acceptors (Lipinski definition) is 5. The average molecular weight is 297 g/mol. The molecule has 1 aromatic carbocycles. The molecule has 0 fully saturated rings. The van der Waals surface area contributed by atoms with Gasteiger partial charge in [0.05, 0.1) is 5.56 Å². The fourth-order valence-corrected chi connectivity index (χ4v) is 2.25. The summed E-state index contributed by atoms with van der Waals surface area (Å²) in [6, 6.07) is 8.38. The molecular formula is C14H11N5OS. The van der Waals surface area contributed by atoms with Crippen LogP contribution in [0.25, 0.3) is 11.1 Å². The molecule has 0 spiro atoms. The third kappa shape index (κ3) is 2.52. The monoisotopic (exact) mass is 297 g/mol. The first kappa shape index (κ1) is 14.4. The number of nitrogens with two attached hydrogens (primary N) is 2. The van der Waals surface area contributed by atoms with Gasteiger partial charge in [-0.25, -0.2) is 0 Å². The molecule has 0 unspecified atom stereocenters. The zero-order valence-electron chi connectivity index (χ0n) is 10.8. The number of nitriles is 1. The van der Waals surface area contributed by atoms with Crippen molar-refractivity contribution in [2.24, 2.45) is 5.73 Å². The Morgan fingerprint density at radius 2 is 2.00 bits per heavy atom. The number of pyridine rings is 1. The number of nitrogen functional groups attached to an aromatic ring is 1. The van der Waals surface area contributed by atoms with Gasteiger partial charge in [0, 0.05) is 22.9 Å². The number of amides is 1. The van der Waals surface area contributed by atoms with Gasteiger partial charge in [-0.15, -0.1) is 0 Å². The van der Waals surface area contributed by atoms with Crippen LogP contribution in [0.1, 0.15) is 21.5 Å². The Kier molecular flexibility index (Phi) is 3.82. The van der Waals surface area contributed by atoms with Crippen LogP contribution in [0.5, 0.6) is 0 Å². The first-order chi connectivity index (χ1) is 9.99. The van der Waals surface area contributed by atoms with Crippen LogP contribution in [0, 0.1) is 21.4 Å². The van der Waals surface area contributed by atoms with Gasteiger partial charge >= 0.3 is 0 Å². The lowest BCUT2D eigenvalue weighted by atomic mass is 9.96. The lowest BCUT2D eigenvalue weighted by molar-refractivity contribution is 0.100. The molecule has 1 heterocycles. The van der Waals surface area contributed by atoms with E-state index in [1.165, 1.54) is 0 Å². The number of nitrogens with zero attached hydrogens (tertiary/aromatic N) is 1. The molecule has 21 heavy (non-hydrogen) atoms. The Morgan fingerprint density at radius 3 is 2.48 bits per heavy atom. The van der Waals surface area contributed by atoms with Gasteiger partial charge in [-0.05, 0) is 17.7 Å². The Labute approximate surface area is 125 Å². The van der Waals surface area contributed by atoms with Gasteiger partial charge < -0.3 is 21.9 Å². The Hall–Kier alpha value is -2.98. The van der Waals surface area contributed by atoms with Crippen molar-refractivity contribution in [1.29, 1.82) is 10.7 Å². The first-order valence-corrected chi connectivity index (χ1v) is 6.27. The minimum absolute atomic E-state index is 0.203. The topological polar surface area (TPSA) is 133 Å². The van der Waals surface area contributed by atoms with Crippen molar-refractivity contribution in [2.75, 3.05) is 5.73 Å².